The van der Waals surface area contributed by atoms with Crippen LogP contribution in [0.5, 0.6) is 0 Å². The van der Waals surface area contributed by atoms with Crippen molar-refractivity contribution in [2.75, 3.05) is 16.6 Å². The van der Waals surface area contributed by atoms with Gasteiger partial charge in [0.1, 0.15) is 5.82 Å². The van der Waals surface area contributed by atoms with Gasteiger partial charge < -0.3 is 5.32 Å². The van der Waals surface area contributed by atoms with Gasteiger partial charge in [-0.25, -0.2) is 9.97 Å². The average molecular weight is 292 g/mol. The van der Waals surface area contributed by atoms with Crippen LogP contribution in [0.1, 0.15) is 13.3 Å². The zero-order chi connectivity index (χ0) is 14.4. The molecular formula is C13H16N4O2S. The highest BCUT2D eigenvalue weighted by molar-refractivity contribution is 7.92. The highest BCUT2D eigenvalue weighted by atomic mass is 32.2. The number of pyridine rings is 2. The molecule has 2 aromatic rings. The molecule has 0 radical (unpaired) electrons. The Morgan fingerprint density at radius 3 is 2.60 bits per heavy atom. The lowest BCUT2D eigenvalue weighted by Crippen LogP contribution is -2.17. The summed E-state index contributed by atoms with van der Waals surface area (Å²) in [7, 11) is -3.76. The summed E-state index contributed by atoms with van der Waals surface area (Å²) in [6.45, 7) is 2.68. The van der Waals surface area contributed by atoms with E-state index in [9.17, 15) is 8.42 Å². The van der Waals surface area contributed by atoms with Crippen molar-refractivity contribution in [1.82, 2.24) is 9.97 Å². The Morgan fingerprint density at radius 1 is 1.10 bits per heavy atom. The Hall–Kier alpha value is -2.15. The van der Waals surface area contributed by atoms with E-state index >= 15 is 0 Å². The van der Waals surface area contributed by atoms with Crippen molar-refractivity contribution in [2.24, 2.45) is 0 Å². The first-order chi connectivity index (χ1) is 9.63. The first-order valence-corrected chi connectivity index (χ1v) is 7.74. The van der Waals surface area contributed by atoms with Crippen LogP contribution in [0.2, 0.25) is 0 Å². The van der Waals surface area contributed by atoms with Gasteiger partial charge in [-0.2, -0.15) is 8.42 Å². The van der Waals surface area contributed by atoms with Gasteiger partial charge in [-0.1, -0.05) is 13.0 Å². The van der Waals surface area contributed by atoms with Gasteiger partial charge in [-0.15, -0.1) is 0 Å². The van der Waals surface area contributed by atoms with Gasteiger partial charge >= 0.3 is 0 Å². The number of rotatable bonds is 6. The molecule has 20 heavy (non-hydrogen) atoms. The lowest BCUT2D eigenvalue weighted by atomic mass is 10.4. The summed E-state index contributed by atoms with van der Waals surface area (Å²) < 4.78 is 27.1. The molecule has 7 heteroatoms. The molecule has 106 valence electrons. The van der Waals surface area contributed by atoms with E-state index in [4.69, 9.17) is 0 Å². The lowest BCUT2D eigenvalue weighted by molar-refractivity contribution is 0.597. The number of hydrogen-bond acceptors (Lipinski definition) is 5. The topological polar surface area (TPSA) is 84.0 Å². The smallest absolute Gasteiger partial charge is 0.282 e. The van der Waals surface area contributed by atoms with Gasteiger partial charge in [-0.3, -0.25) is 4.72 Å². The van der Waals surface area contributed by atoms with E-state index in [0.717, 1.165) is 6.42 Å². The predicted molar refractivity (Wildman–Crippen MR) is 78.1 cm³/mol. The molecule has 0 atom stereocenters. The molecule has 0 saturated carbocycles. The van der Waals surface area contributed by atoms with Crippen molar-refractivity contribution >= 4 is 21.5 Å². The molecule has 0 fully saturated rings. The average Bonchev–Trinajstić information content (AvgIpc) is 2.46. The normalized spacial score (nSPS) is 11.1. The van der Waals surface area contributed by atoms with E-state index in [1.165, 1.54) is 12.4 Å². The molecule has 0 spiro atoms. The Labute approximate surface area is 118 Å². The quantitative estimate of drug-likeness (QED) is 0.851. The molecule has 2 N–H and O–H groups in total. The van der Waals surface area contributed by atoms with Gasteiger partial charge in [0.2, 0.25) is 0 Å². The van der Waals surface area contributed by atoms with Crippen molar-refractivity contribution in [2.45, 2.75) is 18.4 Å². The Balaban J connectivity index is 2.30. The van der Waals surface area contributed by atoms with Gasteiger partial charge in [-0.05, 0) is 30.7 Å². The number of aromatic nitrogens is 2. The van der Waals surface area contributed by atoms with E-state index in [1.54, 1.807) is 30.3 Å². The van der Waals surface area contributed by atoms with Crippen LogP contribution in [-0.4, -0.2) is 24.9 Å². The Morgan fingerprint density at radius 2 is 1.90 bits per heavy atom. The third-order valence-electron chi connectivity index (χ3n) is 2.49. The van der Waals surface area contributed by atoms with Crippen LogP contribution >= 0.6 is 0 Å². The summed E-state index contributed by atoms with van der Waals surface area (Å²) in [4.78, 5) is 7.90. The first kappa shape index (κ1) is 14.3. The van der Waals surface area contributed by atoms with E-state index in [-0.39, 0.29) is 10.8 Å². The minimum absolute atomic E-state index is 0.0286. The van der Waals surface area contributed by atoms with E-state index < -0.39 is 10.0 Å². The van der Waals surface area contributed by atoms with Crippen LogP contribution in [-0.2, 0) is 10.0 Å². The summed E-state index contributed by atoms with van der Waals surface area (Å²) in [6, 6.07) is 8.39. The maximum atomic E-state index is 12.3. The molecule has 0 amide bonds. The van der Waals surface area contributed by atoms with Crippen LogP contribution in [0.4, 0.5) is 11.5 Å². The number of sulfonamides is 1. The molecule has 0 aliphatic carbocycles. The van der Waals surface area contributed by atoms with Crippen molar-refractivity contribution in [3.63, 3.8) is 0 Å². The summed E-state index contributed by atoms with van der Waals surface area (Å²) in [5.41, 5.74) is 0.484. The fourth-order valence-corrected chi connectivity index (χ4v) is 2.73. The summed E-state index contributed by atoms with van der Waals surface area (Å²) >= 11 is 0. The largest absolute Gasteiger partial charge is 0.383 e. The van der Waals surface area contributed by atoms with E-state index in [2.05, 4.69) is 20.0 Å². The first-order valence-electron chi connectivity index (χ1n) is 6.26. The molecule has 0 aliphatic rings. The second kappa shape index (κ2) is 6.33. The molecule has 0 aromatic carbocycles. The highest BCUT2D eigenvalue weighted by Crippen LogP contribution is 2.20. The predicted octanol–water partition coefficient (Wildman–Crippen LogP) is 2.10. The zero-order valence-corrected chi connectivity index (χ0v) is 11.9. The monoisotopic (exact) mass is 292 g/mol. The summed E-state index contributed by atoms with van der Waals surface area (Å²) in [5, 5.41) is 3.02. The molecule has 2 rings (SSSR count). The fraction of sp³-hybridized carbons (Fsp3) is 0.231. The zero-order valence-electron chi connectivity index (χ0n) is 11.1. The van der Waals surface area contributed by atoms with Crippen LogP contribution in [0.15, 0.2) is 47.8 Å². The third kappa shape index (κ3) is 3.45. The summed E-state index contributed by atoms with van der Waals surface area (Å²) in [6.07, 6.45) is 3.86. The highest BCUT2D eigenvalue weighted by Gasteiger charge is 2.20. The van der Waals surface area contributed by atoms with Gasteiger partial charge in [0.15, 0.2) is 5.03 Å². The minimum Gasteiger partial charge on any atom is -0.383 e. The molecule has 2 heterocycles. The van der Waals surface area contributed by atoms with Gasteiger partial charge in [0.05, 0.1) is 5.69 Å². The molecule has 0 bridgehead atoms. The SMILES string of the molecule is CCCNc1cccnc1S(=O)(=O)Nc1ccccn1. The molecule has 0 aliphatic heterocycles. The number of hydrogen-bond donors (Lipinski definition) is 2. The minimum atomic E-state index is -3.76. The number of nitrogens with zero attached hydrogens (tertiary/aromatic N) is 2. The summed E-state index contributed by atoms with van der Waals surface area (Å²) in [5.74, 6) is 0.264. The molecular weight excluding hydrogens is 276 g/mol. The number of anilines is 2. The molecule has 2 aromatic heterocycles. The van der Waals surface area contributed by atoms with Crippen molar-refractivity contribution in [3.05, 3.63) is 42.7 Å². The lowest BCUT2D eigenvalue weighted by Gasteiger charge is -2.11. The second-order valence-electron chi connectivity index (χ2n) is 4.10. The Kier molecular flexibility index (Phi) is 4.52. The molecule has 6 nitrogen and oxygen atoms in total. The fourth-order valence-electron chi connectivity index (χ4n) is 1.61. The van der Waals surface area contributed by atoms with Crippen molar-refractivity contribution in [1.29, 1.82) is 0 Å². The Bertz CT molecular complexity index is 659. The number of nitrogens with one attached hydrogen (secondary N) is 2. The van der Waals surface area contributed by atoms with Gasteiger partial charge in [0, 0.05) is 18.9 Å². The van der Waals surface area contributed by atoms with Crippen LogP contribution in [0.25, 0.3) is 0 Å². The van der Waals surface area contributed by atoms with E-state index in [0.29, 0.717) is 12.2 Å². The van der Waals surface area contributed by atoms with E-state index in [1.807, 2.05) is 6.92 Å². The second-order valence-corrected chi connectivity index (χ2v) is 5.70. The standard InChI is InChI=1S/C13H16N4O2S/c1-2-8-14-11-6-5-10-16-13(11)20(18,19)17-12-7-3-4-9-15-12/h3-7,9-10,14H,2,8H2,1H3,(H,15,17). The molecule has 0 saturated heterocycles. The maximum absolute atomic E-state index is 12.3. The van der Waals surface area contributed by atoms with Crippen LogP contribution in [0, 0.1) is 0 Å². The van der Waals surface area contributed by atoms with Crippen LogP contribution < -0.4 is 10.0 Å². The van der Waals surface area contributed by atoms with Crippen molar-refractivity contribution in [3.8, 4) is 0 Å². The molecule has 0 unspecified atom stereocenters. The van der Waals surface area contributed by atoms with Gasteiger partial charge in [0.25, 0.3) is 10.0 Å². The maximum Gasteiger partial charge on any atom is 0.282 e. The van der Waals surface area contributed by atoms with Crippen LogP contribution in [0.3, 0.4) is 0 Å². The third-order valence-corrected chi connectivity index (χ3v) is 3.81. The van der Waals surface area contributed by atoms with Crippen molar-refractivity contribution < 1.29 is 8.42 Å².